The predicted octanol–water partition coefficient (Wildman–Crippen LogP) is 3.89. The summed E-state index contributed by atoms with van der Waals surface area (Å²) in [5.74, 6) is 0. The Hall–Kier alpha value is -1.68. The van der Waals surface area contributed by atoms with Gasteiger partial charge >= 0.3 is 0 Å². The third-order valence-corrected chi connectivity index (χ3v) is 3.59. The van der Waals surface area contributed by atoms with Crippen molar-refractivity contribution in [3.8, 4) is 0 Å². The van der Waals surface area contributed by atoms with E-state index in [0.717, 1.165) is 11.1 Å². The van der Waals surface area contributed by atoms with E-state index >= 15 is 0 Å². The molecule has 0 amide bonds. The maximum absolute atomic E-state index is 9.85. The van der Waals surface area contributed by atoms with Crippen molar-refractivity contribution in [3.05, 3.63) is 69.7 Å². The highest BCUT2D eigenvalue weighted by atomic mass is 35.5. The van der Waals surface area contributed by atoms with E-state index in [4.69, 9.17) is 23.2 Å². The SMILES string of the molecule is OC(CN=Cc1ccccc1Cl)CN=Cc1ccccc1Cl. The molecule has 0 bridgehead atoms. The minimum Gasteiger partial charge on any atom is -0.389 e. The highest BCUT2D eigenvalue weighted by molar-refractivity contribution is 6.33. The number of nitrogens with zero attached hydrogens (tertiary/aromatic N) is 2. The Balaban J connectivity index is 1.82. The molecule has 0 aliphatic carbocycles. The van der Waals surface area contributed by atoms with Gasteiger partial charge in [-0.05, 0) is 12.1 Å². The lowest BCUT2D eigenvalue weighted by Gasteiger charge is -2.04. The third kappa shape index (κ3) is 5.26. The molecule has 0 fully saturated rings. The average Bonchev–Trinajstić information content (AvgIpc) is 2.51. The zero-order valence-corrected chi connectivity index (χ0v) is 13.4. The standard InChI is InChI=1S/C17H16Cl2N2O/c18-16-7-3-1-5-13(16)9-20-11-15(22)12-21-10-14-6-2-4-8-17(14)19/h1-10,15,22H,11-12H2. The normalized spacial score (nSPS) is 13.0. The van der Waals surface area contributed by atoms with E-state index < -0.39 is 6.10 Å². The summed E-state index contributed by atoms with van der Waals surface area (Å²) < 4.78 is 0. The smallest absolute Gasteiger partial charge is 0.0929 e. The van der Waals surface area contributed by atoms with E-state index in [0.29, 0.717) is 10.0 Å². The average molecular weight is 335 g/mol. The second-order valence-electron chi connectivity index (χ2n) is 4.69. The number of rotatable bonds is 6. The Bertz CT molecular complexity index is 614. The molecule has 0 aliphatic heterocycles. The molecular formula is C17H16Cl2N2O. The van der Waals surface area contributed by atoms with Gasteiger partial charge in [0.25, 0.3) is 0 Å². The van der Waals surface area contributed by atoms with Gasteiger partial charge in [0.2, 0.25) is 0 Å². The minimum absolute atomic E-state index is 0.269. The van der Waals surface area contributed by atoms with Crippen LogP contribution in [-0.4, -0.2) is 36.7 Å². The van der Waals surface area contributed by atoms with E-state index in [1.165, 1.54) is 0 Å². The van der Waals surface area contributed by atoms with Crippen LogP contribution in [0.5, 0.6) is 0 Å². The van der Waals surface area contributed by atoms with Gasteiger partial charge in [0.05, 0.1) is 19.2 Å². The van der Waals surface area contributed by atoms with Crippen molar-refractivity contribution in [1.29, 1.82) is 0 Å². The van der Waals surface area contributed by atoms with Crippen molar-refractivity contribution < 1.29 is 5.11 Å². The number of hydrogen-bond acceptors (Lipinski definition) is 3. The van der Waals surface area contributed by atoms with Crippen LogP contribution in [-0.2, 0) is 0 Å². The molecule has 22 heavy (non-hydrogen) atoms. The van der Waals surface area contributed by atoms with E-state index in [1.54, 1.807) is 24.6 Å². The van der Waals surface area contributed by atoms with Crippen LogP contribution in [0.4, 0.5) is 0 Å². The minimum atomic E-state index is -0.641. The molecule has 0 atom stereocenters. The molecular weight excluding hydrogens is 319 g/mol. The lowest BCUT2D eigenvalue weighted by atomic mass is 10.2. The van der Waals surface area contributed by atoms with Gasteiger partial charge in [-0.1, -0.05) is 59.6 Å². The molecule has 0 radical (unpaired) electrons. The first-order valence-electron chi connectivity index (χ1n) is 6.83. The first-order valence-corrected chi connectivity index (χ1v) is 7.59. The van der Waals surface area contributed by atoms with Crippen LogP contribution in [0.2, 0.25) is 10.0 Å². The summed E-state index contributed by atoms with van der Waals surface area (Å²) >= 11 is 12.0. The Morgan fingerprint density at radius 1 is 0.818 bits per heavy atom. The largest absolute Gasteiger partial charge is 0.389 e. The first kappa shape index (κ1) is 16.7. The van der Waals surface area contributed by atoms with Gasteiger partial charge in [-0.25, -0.2) is 0 Å². The fourth-order valence-electron chi connectivity index (χ4n) is 1.76. The second kappa shape index (κ2) is 8.69. The summed E-state index contributed by atoms with van der Waals surface area (Å²) in [4.78, 5) is 8.37. The van der Waals surface area contributed by atoms with Crippen LogP contribution < -0.4 is 0 Å². The van der Waals surface area contributed by atoms with Crippen molar-refractivity contribution in [2.75, 3.05) is 13.1 Å². The Morgan fingerprint density at radius 2 is 1.23 bits per heavy atom. The molecule has 0 heterocycles. The molecule has 0 saturated carbocycles. The fraction of sp³-hybridized carbons (Fsp3) is 0.176. The van der Waals surface area contributed by atoms with Gasteiger partial charge in [0.1, 0.15) is 0 Å². The Labute approximate surface area is 140 Å². The quantitative estimate of drug-likeness (QED) is 0.800. The van der Waals surface area contributed by atoms with Crippen LogP contribution in [0.25, 0.3) is 0 Å². The molecule has 0 spiro atoms. The monoisotopic (exact) mass is 334 g/mol. The van der Waals surface area contributed by atoms with Gasteiger partial charge < -0.3 is 5.11 Å². The van der Waals surface area contributed by atoms with Gasteiger partial charge in [0.15, 0.2) is 0 Å². The van der Waals surface area contributed by atoms with Gasteiger partial charge in [-0.15, -0.1) is 0 Å². The van der Waals surface area contributed by atoms with Gasteiger partial charge in [-0.3, -0.25) is 9.98 Å². The Morgan fingerprint density at radius 3 is 1.64 bits per heavy atom. The molecule has 0 saturated heterocycles. The number of aliphatic imine (C=N–C) groups is 2. The van der Waals surface area contributed by atoms with Gasteiger partial charge in [-0.2, -0.15) is 0 Å². The summed E-state index contributed by atoms with van der Waals surface area (Å²) in [6.07, 6.45) is 2.67. The van der Waals surface area contributed by atoms with Crippen LogP contribution in [0.15, 0.2) is 58.5 Å². The molecule has 2 aromatic rings. The summed E-state index contributed by atoms with van der Waals surface area (Å²) in [7, 11) is 0. The number of halogens is 2. The van der Waals surface area contributed by atoms with Gasteiger partial charge in [0, 0.05) is 33.6 Å². The molecule has 0 aromatic heterocycles. The number of hydrogen-bond donors (Lipinski definition) is 1. The maximum Gasteiger partial charge on any atom is 0.0929 e. The number of aliphatic hydroxyl groups is 1. The molecule has 2 aromatic carbocycles. The molecule has 5 heteroatoms. The number of aliphatic hydroxyl groups excluding tert-OH is 1. The van der Waals surface area contributed by atoms with Crippen molar-refractivity contribution >= 4 is 35.6 Å². The van der Waals surface area contributed by atoms with Crippen molar-refractivity contribution in [2.24, 2.45) is 9.98 Å². The van der Waals surface area contributed by atoms with E-state index in [9.17, 15) is 5.11 Å². The maximum atomic E-state index is 9.85. The zero-order chi connectivity index (χ0) is 15.8. The lowest BCUT2D eigenvalue weighted by molar-refractivity contribution is 0.193. The summed E-state index contributed by atoms with van der Waals surface area (Å²) in [6, 6.07) is 14.8. The molecule has 0 unspecified atom stereocenters. The van der Waals surface area contributed by atoms with Crippen LogP contribution in [0, 0.1) is 0 Å². The summed E-state index contributed by atoms with van der Waals surface area (Å²) in [5, 5.41) is 11.1. The lowest BCUT2D eigenvalue weighted by Crippen LogP contribution is -2.15. The van der Waals surface area contributed by atoms with Crippen LogP contribution in [0.1, 0.15) is 11.1 Å². The molecule has 0 aliphatic rings. The highest BCUT2D eigenvalue weighted by Crippen LogP contribution is 2.13. The number of benzene rings is 2. The molecule has 3 nitrogen and oxygen atoms in total. The fourth-order valence-corrected chi connectivity index (χ4v) is 2.13. The second-order valence-corrected chi connectivity index (χ2v) is 5.50. The summed E-state index contributed by atoms with van der Waals surface area (Å²) in [5.41, 5.74) is 1.66. The Kier molecular flexibility index (Phi) is 6.59. The van der Waals surface area contributed by atoms with E-state index in [-0.39, 0.29) is 13.1 Å². The van der Waals surface area contributed by atoms with Crippen LogP contribution >= 0.6 is 23.2 Å². The van der Waals surface area contributed by atoms with E-state index in [1.807, 2.05) is 36.4 Å². The molecule has 114 valence electrons. The predicted molar refractivity (Wildman–Crippen MR) is 93.8 cm³/mol. The molecule has 1 N–H and O–H groups in total. The van der Waals surface area contributed by atoms with Crippen LogP contribution in [0.3, 0.4) is 0 Å². The molecule has 2 rings (SSSR count). The first-order chi connectivity index (χ1) is 10.7. The van der Waals surface area contributed by atoms with Crippen molar-refractivity contribution in [2.45, 2.75) is 6.10 Å². The zero-order valence-electron chi connectivity index (χ0n) is 11.9. The topological polar surface area (TPSA) is 45.0 Å². The van der Waals surface area contributed by atoms with E-state index in [2.05, 4.69) is 9.98 Å². The van der Waals surface area contributed by atoms with Crippen molar-refractivity contribution in [1.82, 2.24) is 0 Å². The highest BCUT2D eigenvalue weighted by Gasteiger charge is 2.01. The summed E-state index contributed by atoms with van der Waals surface area (Å²) in [6.45, 7) is 0.538. The third-order valence-electron chi connectivity index (χ3n) is 2.90. The van der Waals surface area contributed by atoms with Crippen molar-refractivity contribution in [3.63, 3.8) is 0 Å².